The minimum absolute atomic E-state index is 0.697. The molecule has 0 aliphatic heterocycles. The number of hydrogen-bond acceptors (Lipinski definition) is 1. The summed E-state index contributed by atoms with van der Waals surface area (Å²) in [6.07, 6.45) is 4.16. The topological polar surface area (TPSA) is 12.0 Å². The minimum atomic E-state index is 0.697. The molecule has 2 aliphatic rings. The molecular weight excluding hydrogens is 218 g/mol. The Hall–Kier alpha value is -0.530. The van der Waals surface area contributed by atoms with Crippen molar-refractivity contribution in [1.29, 1.82) is 0 Å². The lowest BCUT2D eigenvalue weighted by Crippen LogP contribution is -2.15. The van der Waals surface area contributed by atoms with E-state index in [-0.39, 0.29) is 0 Å². The van der Waals surface area contributed by atoms with Crippen molar-refractivity contribution in [2.75, 3.05) is 13.6 Å². The lowest BCUT2D eigenvalue weighted by atomic mass is 9.96. The van der Waals surface area contributed by atoms with Crippen LogP contribution in [0.2, 0.25) is 5.02 Å². The van der Waals surface area contributed by atoms with Crippen LogP contribution in [0, 0.1) is 5.92 Å². The van der Waals surface area contributed by atoms with Crippen LogP contribution in [0.1, 0.15) is 42.2 Å². The second-order valence-corrected chi connectivity index (χ2v) is 5.64. The van der Waals surface area contributed by atoms with Crippen molar-refractivity contribution in [3.8, 4) is 0 Å². The monoisotopic (exact) mass is 235 g/mol. The normalized spacial score (nSPS) is 28.1. The van der Waals surface area contributed by atoms with Crippen molar-refractivity contribution < 1.29 is 0 Å². The maximum Gasteiger partial charge on any atom is 0.0409 e. The molecule has 3 rings (SSSR count). The second-order valence-electron chi connectivity index (χ2n) is 5.21. The smallest absolute Gasteiger partial charge is 0.0409 e. The summed E-state index contributed by atoms with van der Waals surface area (Å²) in [6, 6.07) is 6.48. The van der Waals surface area contributed by atoms with Gasteiger partial charge in [0, 0.05) is 11.6 Å². The first kappa shape index (κ1) is 10.6. The fourth-order valence-electron chi connectivity index (χ4n) is 3.18. The third-order valence-corrected chi connectivity index (χ3v) is 4.30. The number of hydrogen-bond donors (Lipinski definition) is 1. The van der Waals surface area contributed by atoms with E-state index in [1.807, 2.05) is 13.1 Å². The summed E-state index contributed by atoms with van der Waals surface area (Å²) in [6.45, 7) is 1.10. The minimum Gasteiger partial charge on any atom is -0.319 e. The first-order valence-electron chi connectivity index (χ1n) is 6.23. The average molecular weight is 236 g/mol. The molecule has 0 aromatic heterocycles. The van der Waals surface area contributed by atoms with E-state index in [0.29, 0.717) is 5.92 Å². The Morgan fingerprint density at radius 2 is 2.12 bits per heavy atom. The molecular formula is C14H18ClN. The number of nitrogens with one attached hydrogen (secondary N) is 1. The lowest BCUT2D eigenvalue weighted by Gasteiger charge is -2.10. The number of halogens is 1. The number of benzene rings is 1. The Kier molecular flexibility index (Phi) is 2.68. The van der Waals surface area contributed by atoms with E-state index in [1.54, 1.807) is 0 Å². The maximum atomic E-state index is 6.12. The summed E-state index contributed by atoms with van der Waals surface area (Å²) in [7, 11) is 2.04. The Bertz CT molecular complexity index is 398. The molecule has 1 aromatic carbocycles. The molecule has 1 fully saturated rings. The zero-order valence-corrected chi connectivity index (χ0v) is 10.4. The van der Waals surface area contributed by atoms with Crippen molar-refractivity contribution >= 4 is 11.6 Å². The molecule has 86 valence electrons. The zero-order chi connectivity index (χ0) is 11.1. The number of fused-ring (bicyclic) bond motifs is 1. The quantitative estimate of drug-likeness (QED) is 0.845. The molecule has 0 radical (unpaired) electrons. The van der Waals surface area contributed by atoms with Crippen molar-refractivity contribution in [3.63, 3.8) is 0 Å². The first-order valence-corrected chi connectivity index (χ1v) is 6.61. The van der Waals surface area contributed by atoms with E-state index in [0.717, 1.165) is 23.4 Å². The van der Waals surface area contributed by atoms with Gasteiger partial charge in [0.1, 0.15) is 0 Å². The lowest BCUT2D eigenvalue weighted by molar-refractivity contribution is 0.525. The van der Waals surface area contributed by atoms with Gasteiger partial charge in [0.2, 0.25) is 0 Å². The molecule has 0 saturated heterocycles. The van der Waals surface area contributed by atoms with Crippen LogP contribution in [0.3, 0.4) is 0 Å². The molecule has 16 heavy (non-hydrogen) atoms. The van der Waals surface area contributed by atoms with Crippen LogP contribution >= 0.6 is 11.6 Å². The van der Waals surface area contributed by atoms with Gasteiger partial charge in [-0.1, -0.05) is 17.7 Å². The average Bonchev–Trinajstić information content (AvgIpc) is 3.04. The Balaban J connectivity index is 1.95. The molecule has 0 bridgehead atoms. The Morgan fingerprint density at radius 1 is 1.31 bits per heavy atom. The molecule has 2 heteroatoms. The highest BCUT2D eigenvalue weighted by atomic mass is 35.5. The summed E-state index contributed by atoms with van der Waals surface area (Å²) in [4.78, 5) is 0. The molecule has 1 N–H and O–H groups in total. The third kappa shape index (κ3) is 1.76. The Labute approximate surface area is 102 Å². The van der Waals surface area contributed by atoms with Gasteiger partial charge in [0.25, 0.3) is 0 Å². The fraction of sp³-hybridized carbons (Fsp3) is 0.571. The standard InChI is InChI=1S/C14H18ClN/c1-16-8-10-6-13(9-2-3-9)14-7-11(15)4-5-12(10)14/h4-5,7,9-10,13,16H,2-3,6,8H2,1H3. The van der Waals surface area contributed by atoms with Gasteiger partial charge < -0.3 is 5.32 Å². The number of likely N-dealkylation sites (N-methyl/N-ethyl adjacent to an activating group) is 1. The molecule has 2 unspecified atom stereocenters. The van der Waals surface area contributed by atoms with E-state index in [9.17, 15) is 0 Å². The van der Waals surface area contributed by atoms with Gasteiger partial charge >= 0.3 is 0 Å². The molecule has 1 aromatic rings. The molecule has 0 spiro atoms. The highest BCUT2D eigenvalue weighted by molar-refractivity contribution is 6.30. The molecule has 0 amide bonds. The molecule has 0 heterocycles. The highest BCUT2D eigenvalue weighted by Gasteiger charge is 2.40. The summed E-state index contributed by atoms with van der Waals surface area (Å²) < 4.78 is 0. The Morgan fingerprint density at radius 3 is 2.81 bits per heavy atom. The van der Waals surface area contributed by atoms with Gasteiger partial charge in [0.05, 0.1) is 0 Å². The predicted octanol–water partition coefficient (Wildman–Crippen LogP) is 3.54. The molecule has 2 atom stereocenters. The number of rotatable bonds is 3. The SMILES string of the molecule is CNCC1CC(C2CC2)c2cc(Cl)ccc21. The van der Waals surface area contributed by atoms with Crippen LogP contribution in [0.4, 0.5) is 0 Å². The second kappa shape index (κ2) is 4.05. The molecule has 1 nitrogen and oxygen atoms in total. The first-order chi connectivity index (χ1) is 7.79. The van der Waals surface area contributed by atoms with Crippen LogP contribution in [0.5, 0.6) is 0 Å². The zero-order valence-electron chi connectivity index (χ0n) is 9.67. The van der Waals surface area contributed by atoms with Crippen LogP contribution in [-0.2, 0) is 0 Å². The van der Waals surface area contributed by atoms with Crippen molar-refractivity contribution in [2.45, 2.75) is 31.1 Å². The maximum absolute atomic E-state index is 6.12. The van der Waals surface area contributed by atoms with E-state index in [2.05, 4.69) is 17.4 Å². The van der Waals surface area contributed by atoms with Crippen LogP contribution < -0.4 is 5.32 Å². The summed E-state index contributed by atoms with van der Waals surface area (Å²) in [5.74, 6) is 2.42. The van der Waals surface area contributed by atoms with Crippen LogP contribution in [0.25, 0.3) is 0 Å². The van der Waals surface area contributed by atoms with Gasteiger partial charge in [-0.15, -0.1) is 0 Å². The molecule has 2 aliphatic carbocycles. The summed E-state index contributed by atoms with van der Waals surface area (Å²) in [5, 5.41) is 4.21. The largest absolute Gasteiger partial charge is 0.319 e. The van der Waals surface area contributed by atoms with Gasteiger partial charge in [0.15, 0.2) is 0 Å². The van der Waals surface area contributed by atoms with Gasteiger partial charge in [-0.2, -0.15) is 0 Å². The van der Waals surface area contributed by atoms with Crippen LogP contribution in [0.15, 0.2) is 18.2 Å². The van der Waals surface area contributed by atoms with E-state index < -0.39 is 0 Å². The third-order valence-electron chi connectivity index (χ3n) is 4.07. The molecule has 1 saturated carbocycles. The van der Waals surface area contributed by atoms with Gasteiger partial charge in [-0.05, 0) is 67.3 Å². The summed E-state index contributed by atoms with van der Waals surface area (Å²) in [5.41, 5.74) is 3.07. The highest BCUT2D eigenvalue weighted by Crippen LogP contribution is 2.53. The van der Waals surface area contributed by atoms with Crippen molar-refractivity contribution in [1.82, 2.24) is 5.32 Å². The predicted molar refractivity (Wildman–Crippen MR) is 68.2 cm³/mol. The van der Waals surface area contributed by atoms with Gasteiger partial charge in [-0.25, -0.2) is 0 Å². The van der Waals surface area contributed by atoms with Crippen molar-refractivity contribution in [2.24, 2.45) is 5.92 Å². The summed E-state index contributed by atoms with van der Waals surface area (Å²) >= 11 is 6.12. The van der Waals surface area contributed by atoms with E-state index in [4.69, 9.17) is 11.6 Å². The fourth-order valence-corrected chi connectivity index (χ4v) is 3.36. The van der Waals surface area contributed by atoms with E-state index >= 15 is 0 Å². The van der Waals surface area contributed by atoms with Gasteiger partial charge in [-0.3, -0.25) is 0 Å². The van der Waals surface area contributed by atoms with E-state index in [1.165, 1.54) is 30.4 Å². The van der Waals surface area contributed by atoms with Crippen LogP contribution in [-0.4, -0.2) is 13.6 Å². The van der Waals surface area contributed by atoms with Crippen molar-refractivity contribution in [3.05, 3.63) is 34.3 Å².